The van der Waals surface area contributed by atoms with Crippen LogP contribution in [0.2, 0.25) is 0 Å². The summed E-state index contributed by atoms with van der Waals surface area (Å²) >= 11 is 0. The molecule has 1 aromatic carbocycles. The quantitative estimate of drug-likeness (QED) is 0.635. The maximum Gasteiger partial charge on any atom is 0.282 e. The van der Waals surface area contributed by atoms with Crippen LogP contribution in [-0.2, 0) is 15.0 Å². The van der Waals surface area contributed by atoms with Crippen LogP contribution in [0.3, 0.4) is 0 Å². The number of ether oxygens (including phenoxy) is 1. The van der Waals surface area contributed by atoms with Crippen LogP contribution in [0.1, 0.15) is 33.3 Å². The smallest absolute Gasteiger partial charge is 0.282 e. The number of nitrogens with zero attached hydrogens (tertiary/aromatic N) is 4. The number of benzene rings is 1. The molecule has 29 heavy (non-hydrogen) atoms. The molecule has 1 aliphatic heterocycles. The first kappa shape index (κ1) is 23.1. The van der Waals surface area contributed by atoms with Gasteiger partial charge in [0.15, 0.2) is 6.10 Å². The maximum absolute atomic E-state index is 13.1. The van der Waals surface area contributed by atoms with E-state index in [4.69, 9.17) is 4.74 Å². The molecular formula is C20H30N4O4S. The summed E-state index contributed by atoms with van der Waals surface area (Å²) in [5.41, 5.74) is 0.376. The molecule has 160 valence electrons. The Morgan fingerprint density at radius 3 is 2.28 bits per heavy atom. The predicted molar refractivity (Wildman–Crippen MR) is 110 cm³/mol. The molecule has 1 aliphatic rings. The fraction of sp³-hybridized carbons (Fsp3) is 0.600. The Bertz CT molecular complexity index is 838. The number of amides is 1. The Hall–Kier alpha value is -2.15. The number of piperazine rings is 1. The van der Waals surface area contributed by atoms with Crippen molar-refractivity contribution in [3.05, 3.63) is 29.8 Å². The van der Waals surface area contributed by atoms with Gasteiger partial charge in [-0.2, -0.15) is 22.3 Å². The standard InChI is InChI=1S/C20H30N4O4S/c1-5-23(6-2)29(26,27)24-13-11-22(12-14-24)20(25)19(16(3)4)28-18-10-8-7-9-17(18)15-21/h7-10,16,19H,5-6,11-14H2,1-4H3. The molecule has 0 N–H and O–H groups in total. The Kier molecular flexibility index (Phi) is 8.02. The highest BCUT2D eigenvalue weighted by molar-refractivity contribution is 7.86. The molecular weight excluding hydrogens is 392 g/mol. The lowest BCUT2D eigenvalue weighted by molar-refractivity contribution is -0.142. The highest BCUT2D eigenvalue weighted by atomic mass is 32.2. The molecule has 0 aromatic heterocycles. The molecule has 9 heteroatoms. The number of rotatable bonds is 8. The summed E-state index contributed by atoms with van der Waals surface area (Å²) in [5.74, 6) is 0.0871. The Labute approximate surface area is 173 Å². The topological polar surface area (TPSA) is 94.0 Å². The van der Waals surface area contributed by atoms with E-state index in [9.17, 15) is 18.5 Å². The first-order valence-electron chi connectivity index (χ1n) is 9.96. The zero-order valence-electron chi connectivity index (χ0n) is 17.5. The van der Waals surface area contributed by atoms with E-state index in [0.29, 0.717) is 37.5 Å². The summed E-state index contributed by atoms with van der Waals surface area (Å²) in [7, 11) is -3.51. The molecule has 0 saturated carbocycles. The van der Waals surface area contributed by atoms with E-state index >= 15 is 0 Å². The third-order valence-electron chi connectivity index (χ3n) is 5.02. The lowest BCUT2D eigenvalue weighted by Gasteiger charge is -2.38. The van der Waals surface area contributed by atoms with E-state index in [-0.39, 0.29) is 24.9 Å². The monoisotopic (exact) mass is 422 g/mol. The first-order chi connectivity index (χ1) is 13.8. The average molecular weight is 423 g/mol. The maximum atomic E-state index is 13.1. The van der Waals surface area contributed by atoms with E-state index < -0.39 is 16.3 Å². The number of carbonyl (C=O) groups excluding carboxylic acids is 1. The van der Waals surface area contributed by atoms with Gasteiger partial charge in [-0.25, -0.2) is 0 Å². The summed E-state index contributed by atoms with van der Waals surface area (Å²) in [4.78, 5) is 14.7. The van der Waals surface area contributed by atoms with Crippen molar-refractivity contribution in [2.45, 2.75) is 33.8 Å². The van der Waals surface area contributed by atoms with Crippen molar-refractivity contribution in [2.75, 3.05) is 39.3 Å². The molecule has 1 unspecified atom stereocenters. The van der Waals surface area contributed by atoms with E-state index in [0.717, 1.165) is 0 Å². The number of hydrogen-bond acceptors (Lipinski definition) is 5. The third-order valence-corrected chi connectivity index (χ3v) is 7.21. The van der Waals surface area contributed by atoms with Crippen molar-refractivity contribution in [1.82, 2.24) is 13.5 Å². The normalized spacial score (nSPS) is 16.7. The summed E-state index contributed by atoms with van der Waals surface area (Å²) in [5, 5.41) is 9.26. The van der Waals surface area contributed by atoms with Crippen LogP contribution < -0.4 is 4.74 Å². The molecule has 0 bridgehead atoms. The van der Waals surface area contributed by atoms with Gasteiger partial charge in [-0.05, 0) is 18.1 Å². The molecule has 1 amide bonds. The SMILES string of the molecule is CCN(CC)S(=O)(=O)N1CCN(C(=O)C(Oc2ccccc2C#N)C(C)C)CC1. The zero-order valence-corrected chi connectivity index (χ0v) is 18.4. The van der Waals surface area contributed by atoms with Crippen molar-refractivity contribution in [3.63, 3.8) is 0 Å². The summed E-state index contributed by atoms with van der Waals surface area (Å²) in [6.45, 7) is 9.36. The van der Waals surface area contributed by atoms with E-state index in [2.05, 4.69) is 6.07 Å². The van der Waals surface area contributed by atoms with Gasteiger partial charge in [-0.1, -0.05) is 39.8 Å². The van der Waals surface area contributed by atoms with Gasteiger partial charge < -0.3 is 9.64 Å². The fourth-order valence-corrected chi connectivity index (χ4v) is 4.91. The van der Waals surface area contributed by atoms with E-state index in [1.54, 1.807) is 29.2 Å². The second kappa shape index (κ2) is 10.1. The van der Waals surface area contributed by atoms with E-state index in [1.807, 2.05) is 27.7 Å². The molecule has 1 fully saturated rings. The summed E-state index contributed by atoms with van der Waals surface area (Å²) in [6, 6.07) is 8.90. The van der Waals surface area contributed by atoms with Crippen molar-refractivity contribution in [3.8, 4) is 11.8 Å². The van der Waals surface area contributed by atoms with Gasteiger partial charge in [0.1, 0.15) is 11.8 Å². The molecule has 1 aromatic rings. The molecule has 0 radical (unpaired) electrons. The largest absolute Gasteiger partial charge is 0.479 e. The van der Waals surface area contributed by atoms with Crippen molar-refractivity contribution in [2.24, 2.45) is 5.92 Å². The van der Waals surface area contributed by atoms with Gasteiger partial charge in [0.2, 0.25) is 0 Å². The van der Waals surface area contributed by atoms with Gasteiger partial charge >= 0.3 is 0 Å². The minimum Gasteiger partial charge on any atom is -0.479 e. The number of carbonyl (C=O) groups is 1. The van der Waals surface area contributed by atoms with Gasteiger partial charge in [0, 0.05) is 39.3 Å². The van der Waals surface area contributed by atoms with Crippen LogP contribution in [0.25, 0.3) is 0 Å². The average Bonchev–Trinajstić information content (AvgIpc) is 2.72. The van der Waals surface area contributed by atoms with Crippen LogP contribution in [-0.4, -0.2) is 73.2 Å². The lowest BCUT2D eigenvalue weighted by Crippen LogP contribution is -2.56. The van der Waals surface area contributed by atoms with Crippen molar-refractivity contribution in [1.29, 1.82) is 5.26 Å². The van der Waals surface area contributed by atoms with Crippen LogP contribution in [0.4, 0.5) is 0 Å². The molecule has 1 saturated heterocycles. The Morgan fingerprint density at radius 1 is 1.17 bits per heavy atom. The van der Waals surface area contributed by atoms with Gasteiger partial charge in [-0.3, -0.25) is 4.79 Å². The first-order valence-corrected chi connectivity index (χ1v) is 11.4. The zero-order chi connectivity index (χ0) is 21.6. The lowest BCUT2D eigenvalue weighted by atomic mass is 10.1. The summed E-state index contributed by atoms with van der Waals surface area (Å²) < 4.78 is 34.1. The minimum absolute atomic E-state index is 0.105. The number of hydrogen-bond donors (Lipinski definition) is 0. The van der Waals surface area contributed by atoms with Crippen molar-refractivity contribution >= 4 is 16.1 Å². The highest BCUT2D eigenvalue weighted by Gasteiger charge is 2.35. The van der Waals surface area contributed by atoms with Gasteiger partial charge in [0.25, 0.3) is 16.1 Å². The highest BCUT2D eigenvalue weighted by Crippen LogP contribution is 2.22. The predicted octanol–water partition coefficient (Wildman–Crippen LogP) is 1.69. The van der Waals surface area contributed by atoms with Gasteiger partial charge in [-0.15, -0.1) is 0 Å². The van der Waals surface area contributed by atoms with Crippen LogP contribution in [0.15, 0.2) is 24.3 Å². The van der Waals surface area contributed by atoms with Crippen LogP contribution in [0, 0.1) is 17.2 Å². The Balaban J connectivity index is 2.08. The molecule has 0 spiro atoms. The summed E-state index contributed by atoms with van der Waals surface area (Å²) in [6.07, 6.45) is -0.740. The molecule has 1 atom stereocenters. The van der Waals surface area contributed by atoms with Crippen LogP contribution in [0.5, 0.6) is 5.75 Å². The van der Waals surface area contributed by atoms with Crippen molar-refractivity contribution < 1.29 is 17.9 Å². The molecule has 0 aliphatic carbocycles. The minimum atomic E-state index is -3.51. The van der Waals surface area contributed by atoms with Gasteiger partial charge in [0.05, 0.1) is 5.56 Å². The molecule has 1 heterocycles. The van der Waals surface area contributed by atoms with E-state index in [1.165, 1.54) is 8.61 Å². The number of nitriles is 1. The number of para-hydroxylation sites is 1. The molecule has 8 nitrogen and oxygen atoms in total. The Morgan fingerprint density at radius 2 is 1.76 bits per heavy atom. The van der Waals surface area contributed by atoms with Crippen LogP contribution >= 0.6 is 0 Å². The second-order valence-electron chi connectivity index (χ2n) is 7.21. The third kappa shape index (κ3) is 5.26. The second-order valence-corrected chi connectivity index (χ2v) is 9.14. The fourth-order valence-electron chi connectivity index (χ4n) is 3.30. The molecule has 2 rings (SSSR count).